The number of hydrogen-bond donors (Lipinski definition) is 0. The Labute approximate surface area is 376 Å². The molecule has 0 amide bonds. The van der Waals surface area contributed by atoms with Crippen LogP contribution in [0.2, 0.25) is 0 Å². The maximum Gasteiger partial charge on any atom is 0.436 e. The van der Waals surface area contributed by atoms with Crippen LogP contribution < -0.4 is 0 Å². The number of imidazole rings is 1. The van der Waals surface area contributed by atoms with E-state index >= 15 is 0 Å². The second-order valence-corrected chi connectivity index (χ2v) is 15.0. The largest absolute Gasteiger partial charge is 0.486 e. The fourth-order valence-electron chi connectivity index (χ4n) is 7.37. The third kappa shape index (κ3) is 8.44. The first kappa shape index (κ1) is 40.3. The number of pyridine rings is 2. The molecule has 0 fully saturated rings. The van der Waals surface area contributed by atoms with Crippen molar-refractivity contribution < 1.29 is 49.2 Å². The van der Waals surface area contributed by atoms with Crippen molar-refractivity contribution in [2.24, 2.45) is 0 Å². The molecule has 5 aromatic heterocycles. The Morgan fingerprint density at radius 1 is 0.714 bits per heavy atom. The molecule has 5 heterocycles. The van der Waals surface area contributed by atoms with Crippen LogP contribution in [0.4, 0.5) is 17.6 Å². The Morgan fingerprint density at radius 2 is 1.44 bits per heavy atom. The van der Waals surface area contributed by atoms with E-state index in [2.05, 4.69) is 22.1 Å². The van der Waals surface area contributed by atoms with Gasteiger partial charge in [-0.3, -0.25) is 9.37 Å². The fourth-order valence-corrected chi connectivity index (χ4v) is 7.37. The Balaban J connectivity index is 0.000000353. The number of nitrogens with zero attached hydrogens (tertiary/aromatic N) is 5. The summed E-state index contributed by atoms with van der Waals surface area (Å²) in [4.78, 5) is 17.6. The van der Waals surface area contributed by atoms with Crippen molar-refractivity contribution >= 4 is 33.1 Å². The van der Waals surface area contributed by atoms with Gasteiger partial charge in [-0.05, 0) is 71.1 Å². The molecule has 0 aliphatic carbocycles. The first-order valence-electron chi connectivity index (χ1n) is 20.6. The number of rotatable bonds is 7. The molecular weight excluding hydrogens is 983 g/mol. The van der Waals surface area contributed by atoms with E-state index in [1.165, 1.54) is 12.1 Å². The van der Waals surface area contributed by atoms with Gasteiger partial charge in [0.2, 0.25) is 11.6 Å². The summed E-state index contributed by atoms with van der Waals surface area (Å²) in [5.74, 6) is -1.84. The van der Waals surface area contributed by atoms with Gasteiger partial charge in [0.05, 0.1) is 28.1 Å². The summed E-state index contributed by atoms with van der Waals surface area (Å²) in [6.07, 6.45) is -2.29. The van der Waals surface area contributed by atoms with E-state index in [0.717, 1.165) is 55.4 Å². The molecule has 0 saturated heterocycles. The number of para-hydroxylation sites is 3. The summed E-state index contributed by atoms with van der Waals surface area (Å²) in [5.41, 5.74) is 7.55. The van der Waals surface area contributed by atoms with E-state index in [-0.39, 0.29) is 31.8 Å². The molecule has 0 bridgehead atoms. The zero-order valence-electron chi connectivity index (χ0n) is 36.2. The van der Waals surface area contributed by atoms with Crippen LogP contribution in [0.3, 0.4) is 0 Å². The average Bonchev–Trinajstić information content (AvgIpc) is 4.03. The third-order valence-electron chi connectivity index (χ3n) is 10.4. The number of benzene rings is 5. The van der Waals surface area contributed by atoms with Gasteiger partial charge < -0.3 is 18.4 Å². The molecule has 317 valence electrons. The number of furan rings is 1. The average molecular weight is 1020 g/mol. The maximum atomic E-state index is 13.0. The van der Waals surface area contributed by atoms with Gasteiger partial charge in [0.25, 0.3) is 0 Å². The zero-order chi connectivity index (χ0) is 45.0. The molecule has 5 aromatic carbocycles. The summed E-state index contributed by atoms with van der Waals surface area (Å²) < 4.78 is 83.4. The summed E-state index contributed by atoms with van der Waals surface area (Å²) in [6.45, 7) is 7.36. The van der Waals surface area contributed by atoms with Gasteiger partial charge in [0.1, 0.15) is 6.26 Å². The van der Waals surface area contributed by atoms with Crippen molar-refractivity contribution in [1.29, 1.82) is 0 Å². The van der Waals surface area contributed by atoms with E-state index in [1.807, 2.05) is 117 Å². The van der Waals surface area contributed by atoms with Gasteiger partial charge in [-0.25, -0.2) is 9.97 Å². The van der Waals surface area contributed by atoms with Crippen LogP contribution in [0, 0.1) is 17.9 Å². The summed E-state index contributed by atoms with van der Waals surface area (Å²) in [6, 6.07) is 44.0. The fraction of sp³-hybridized carbons (Fsp3) is 0.137. The number of oxazole rings is 1. The molecule has 0 N–H and O–H groups in total. The Morgan fingerprint density at radius 3 is 2.11 bits per heavy atom. The molecule has 0 unspecified atom stereocenters. The van der Waals surface area contributed by atoms with Gasteiger partial charge in [-0.15, -0.1) is 48.0 Å². The van der Waals surface area contributed by atoms with Crippen molar-refractivity contribution in [1.82, 2.24) is 24.5 Å². The van der Waals surface area contributed by atoms with Crippen molar-refractivity contribution in [3.63, 3.8) is 0 Å². The molecular formula is C51H37F4IrN5O2-2. The van der Waals surface area contributed by atoms with Crippen molar-refractivity contribution in [2.45, 2.75) is 45.7 Å². The predicted octanol–water partition coefficient (Wildman–Crippen LogP) is 14.1. The summed E-state index contributed by atoms with van der Waals surface area (Å²) >= 11 is 0. The molecule has 0 aliphatic rings. The quantitative estimate of drug-likeness (QED) is 0.117. The molecule has 7 nitrogen and oxygen atoms in total. The molecule has 0 atom stereocenters. The van der Waals surface area contributed by atoms with Gasteiger partial charge >= 0.3 is 6.18 Å². The number of aromatic nitrogens is 5. The van der Waals surface area contributed by atoms with Crippen LogP contribution in [-0.2, 0) is 26.3 Å². The smallest absolute Gasteiger partial charge is 0.436 e. The normalized spacial score (nSPS) is 12.4. The Kier molecular flexibility index (Phi) is 11.2. The van der Waals surface area contributed by atoms with E-state index in [4.69, 9.17) is 21.5 Å². The Hall–Kier alpha value is -6.75. The van der Waals surface area contributed by atoms with Crippen LogP contribution >= 0.6 is 0 Å². The van der Waals surface area contributed by atoms with E-state index in [0.29, 0.717) is 40.2 Å². The van der Waals surface area contributed by atoms with Crippen LogP contribution in [0.25, 0.3) is 84.1 Å². The number of halogens is 4. The molecule has 10 rings (SSSR count). The molecule has 1 radical (unpaired) electrons. The zero-order valence-corrected chi connectivity index (χ0v) is 36.6. The molecule has 0 saturated carbocycles. The first-order valence-corrected chi connectivity index (χ1v) is 19.6. The van der Waals surface area contributed by atoms with Crippen LogP contribution in [0.15, 0.2) is 149 Å². The maximum absolute atomic E-state index is 13.0. The molecule has 0 spiro atoms. The van der Waals surface area contributed by atoms with Crippen LogP contribution in [0.1, 0.15) is 59.0 Å². The van der Waals surface area contributed by atoms with E-state index in [1.54, 1.807) is 36.5 Å². The topological polar surface area (TPSA) is 82.8 Å². The number of fused-ring (bicyclic) bond motifs is 4. The number of hydrogen-bond acceptors (Lipinski definition) is 6. The first-order chi connectivity index (χ1) is 30.5. The SMILES string of the molecule is Fc1c[c-]c(-c2ccccn2)cc1.[2H]C(C)(C)c1cccc(C([2H])(C)C)c1-n1c(-c2[c-]ccc3c2oc2nc(-c4ccc(-c5nc(C(F)(F)F)co5)cc4)ccc23)nc2ccccc21.[Ir]. The van der Waals surface area contributed by atoms with Gasteiger partial charge in [-0.1, -0.05) is 93.2 Å². The van der Waals surface area contributed by atoms with E-state index in [9.17, 15) is 17.6 Å². The second kappa shape index (κ2) is 17.6. The molecule has 63 heavy (non-hydrogen) atoms. The summed E-state index contributed by atoms with van der Waals surface area (Å²) in [7, 11) is 0. The monoisotopic (exact) mass is 1020 g/mol. The third-order valence-corrected chi connectivity index (χ3v) is 10.4. The molecule has 10 aromatic rings. The Bertz CT molecular complexity index is 3270. The minimum Gasteiger partial charge on any atom is -0.486 e. The second-order valence-electron chi connectivity index (χ2n) is 15.0. The van der Waals surface area contributed by atoms with E-state index < -0.39 is 23.7 Å². The van der Waals surface area contributed by atoms with Crippen molar-refractivity contribution in [3.05, 3.63) is 175 Å². The molecule has 0 aliphatic heterocycles. The molecule has 12 heteroatoms. The van der Waals surface area contributed by atoms with Gasteiger partial charge in [-0.2, -0.15) is 13.2 Å². The predicted molar refractivity (Wildman–Crippen MR) is 233 cm³/mol. The van der Waals surface area contributed by atoms with Crippen LogP contribution in [0.5, 0.6) is 0 Å². The minimum absolute atomic E-state index is 0. The number of alkyl halides is 3. The minimum atomic E-state index is -4.59. The summed E-state index contributed by atoms with van der Waals surface area (Å²) in [5, 5.41) is 1.59. The van der Waals surface area contributed by atoms with Crippen LogP contribution in [-0.4, -0.2) is 24.5 Å². The van der Waals surface area contributed by atoms with Gasteiger partial charge in [0, 0.05) is 57.1 Å². The van der Waals surface area contributed by atoms with Crippen molar-refractivity contribution in [2.75, 3.05) is 0 Å². The van der Waals surface area contributed by atoms with Gasteiger partial charge in [0.15, 0.2) is 5.69 Å². The van der Waals surface area contributed by atoms with Crippen molar-refractivity contribution in [3.8, 4) is 51.0 Å². The standard InChI is InChI=1S/C40H30F3N4O2.C11H7FN.Ir/c1-22(2)26-9-7-10-27(23(3)4)35(26)47-33-14-6-5-13-32(33)44-37(47)30-12-8-11-28-29-19-20-31(45-39(29)49-36(28)30)24-15-17-25(18-16-24)38-46-34(21-48-38)40(41,42)43;12-10-6-4-9(5-7-10)11-3-1-2-8-13-11;/h5-11,13-23H,1-4H3;1-4,6-8H;/q2*-1;/i22D,23D;;.